The molecule has 2 N–H and O–H groups in total. The first-order chi connectivity index (χ1) is 6.27. The molecule has 1 rings (SSSR count). The van der Waals surface area contributed by atoms with Gasteiger partial charge in [-0.05, 0) is 6.92 Å². The Hall–Kier alpha value is -1.77. The fraction of sp³-hybridized carbons (Fsp3) is 0.100. The molecule has 0 aliphatic rings. The molecule has 3 nitrogen and oxygen atoms in total. The Morgan fingerprint density at radius 1 is 1.69 bits per heavy atom. The van der Waals surface area contributed by atoms with Gasteiger partial charge in [0.15, 0.2) is 5.76 Å². The van der Waals surface area contributed by atoms with Gasteiger partial charge in [-0.2, -0.15) is 0 Å². The summed E-state index contributed by atoms with van der Waals surface area (Å²) in [5.41, 5.74) is 6.26. The minimum Gasteiger partial charge on any atom is -0.424 e. The van der Waals surface area contributed by atoms with Crippen molar-refractivity contribution in [3.63, 3.8) is 0 Å². The Bertz CT molecular complexity index is 348. The van der Waals surface area contributed by atoms with Crippen LogP contribution in [0.5, 0.6) is 0 Å². The van der Waals surface area contributed by atoms with Gasteiger partial charge in [-0.3, -0.25) is 0 Å². The summed E-state index contributed by atoms with van der Waals surface area (Å²) in [4.78, 5) is 3.80. The molecular formula is C10H12N2O. The third kappa shape index (κ3) is 2.33. The van der Waals surface area contributed by atoms with Crippen LogP contribution >= 0.6 is 0 Å². The van der Waals surface area contributed by atoms with Crippen molar-refractivity contribution in [3.8, 4) is 0 Å². The number of nitrogens with two attached hydrogens (primary N) is 1. The van der Waals surface area contributed by atoms with Gasteiger partial charge in [-0.15, -0.1) is 0 Å². The van der Waals surface area contributed by atoms with Crippen LogP contribution in [0.2, 0.25) is 0 Å². The minimum atomic E-state index is 0.175. The molecular weight excluding hydrogens is 164 g/mol. The van der Waals surface area contributed by atoms with Crippen molar-refractivity contribution in [1.29, 1.82) is 0 Å². The predicted octanol–water partition coefficient (Wildman–Crippen LogP) is 2.40. The molecule has 13 heavy (non-hydrogen) atoms. The highest BCUT2D eigenvalue weighted by Gasteiger charge is 2.02. The predicted molar refractivity (Wildman–Crippen MR) is 53.9 cm³/mol. The Balaban J connectivity index is 3.01. The lowest BCUT2D eigenvalue weighted by Crippen LogP contribution is -1.80. The van der Waals surface area contributed by atoms with Crippen LogP contribution in [-0.2, 0) is 0 Å². The van der Waals surface area contributed by atoms with E-state index in [9.17, 15) is 0 Å². The van der Waals surface area contributed by atoms with E-state index < -0.39 is 0 Å². The Kier molecular flexibility index (Phi) is 3.09. The second-order valence-electron chi connectivity index (χ2n) is 2.42. The summed E-state index contributed by atoms with van der Waals surface area (Å²) in [5, 5.41) is 0. The van der Waals surface area contributed by atoms with Crippen LogP contribution in [0.3, 0.4) is 0 Å². The minimum absolute atomic E-state index is 0.175. The number of aromatic nitrogens is 1. The van der Waals surface area contributed by atoms with Crippen LogP contribution in [-0.4, -0.2) is 4.98 Å². The van der Waals surface area contributed by atoms with Gasteiger partial charge in [0, 0.05) is 5.57 Å². The van der Waals surface area contributed by atoms with Crippen molar-refractivity contribution in [2.24, 2.45) is 0 Å². The largest absolute Gasteiger partial charge is 0.424 e. The highest BCUT2D eigenvalue weighted by atomic mass is 16.4. The second-order valence-corrected chi connectivity index (χ2v) is 2.42. The number of nitrogens with zero attached hydrogens (tertiary/aromatic N) is 1. The Labute approximate surface area is 77.3 Å². The average molecular weight is 176 g/mol. The van der Waals surface area contributed by atoms with Gasteiger partial charge in [-0.1, -0.05) is 30.9 Å². The zero-order chi connectivity index (χ0) is 9.68. The number of hydrogen-bond acceptors (Lipinski definition) is 3. The lowest BCUT2D eigenvalue weighted by Gasteiger charge is -1.93. The number of oxazole rings is 1. The summed E-state index contributed by atoms with van der Waals surface area (Å²) in [6.45, 7) is 5.54. The molecule has 0 aromatic carbocycles. The summed E-state index contributed by atoms with van der Waals surface area (Å²) in [5.74, 6) is 0.649. The van der Waals surface area contributed by atoms with E-state index in [-0.39, 0.29) is 6.01 Å². The summed E-state index contributed by atoms with van der Waals surface area (Å²) in [7, 11) is 0. The fourth-order valence-corrected chi connectivity index (χ4v) is 0.947. The summed E-state index contributed by atoms with van der Waals surface area (Å²) < 4.78 is 5.15. The van der Waals surface area contributed by atoms with E-state index >= 15 is 0 Å². The summed E-state index contributed by atoms with van der Waals surface area (Å²) >= 11 is 0. The van der Waals surface area contributed by atoms with Gasteiger partial charge in [0.1, 0.15) is 0 Å². The highest BCUT2D eigenvalue weighted by Crippen LogP contribution is 2.17. The van der Waals surface area contributed by atoms with Gasteiger partial charge >= 0.3 is 0 Å². The Morgan fingerprint density at radius 3 is 2.92 bits per heavy atom. The van der Waals surface area contributed by atoms with E-state index in [2.05, 4.69) is 11.6 Å². The van der Waals surface area contributed by atoms with E-state index in [1.165, 1.54) is 0 Å². The SMILES string of the molecule is C=CC=C(C=CC)c1cnc(N)o1. The van der Waals surface area contributed by atoms with Crippen LogP contribution < -0.4 is 5.73 Å². The Morgan fingerprint density at radius 2 is 2.46 bits per heavy atom. The van der Waals surface area contributed by atoms with Gasteiger partial charge in [-0.25, -0.2) is 4.98 Å². The van der Waals surface area contributed by atoms with Gasteiger partial charge < -0.3 is 10.2 Å². The topological polar surface area (TPSA) is 52.0 Å². The first-order valence-electron chi connectivity index (χ1n) is 3.95. The maximum absolute atomic E-state index is 5.35. The molecule has 0 bridgehead atoms. The highest BCUT2D eigenvalue weighted by molar-refractivity contribution is 5.71. The fourth-order valence-electron chi connectivity index (χ4n) is 0.947. The van der Waals surface area contributed by atoms with Crippen LogP contribution in [0, 0.1) is 0 Å². The van der Waals surface area contributed by atoms with Crippen LogP contribution in [0.4, 0.5) is 6.01 Å². The molecule has 1 heterocycles. The molecule has 3 heteroatoms. The van der Waals surface area contributed by atoms with E-state index in [0.717, 1.165) is 5.57 Å². The quantitative estimate of drug-likeness (QED) is 0.719. The number of anilines is 1. The van der Waals surface area contributed by atoms with Crippen LogP contribution in [0.15, 0.2) is 41.5 Å². The molecule has 68 valence electrons. The molecule has 0 saturated heterocycles. The molecule has 0 radical (unpaired) electrons. The maximum Gasteiger partial charge on any atom is 0.292 e. The van der Waals surface area contributed by atoms with E-state index in [0.29, 0.717) is 5.76 Å². The molecule has 1 aromatic rings. The summed E-state index contributed by atoms with van der Waals surface area (Å²) in [6, 6.07) is 0.175. The molecule has 0 fully saturated rings. The smallest absolute Gasteiger partial charge is 0.292 e. The second kappa shape index (κ2) is 4.30. The molecule has 1 aromatic heterocycles. The number of nitrogen functional groups attached to an aromatic ring is 1. The normalized spacial score (nSPS) is 12.2. The van der Waals surface area contributed by atoms with E-state index in [4.69, 9.17) is 10.2 Å². The van der Waals surface area contributed by atoms with Gasteiger partial charge in [0.25, 0.3) is 6.01 Å². The van der Waals surface area contributed by atoms with E-state index in [1.54, 1.807) is 12.3 Å². The standard InChI is InChI=1S/C10H12N2O/c1-3-5-8(6-4-2)9-7-12-10(11)13-9/h3-7H,1H2,2H3,(H2,11,12). The molecule has 0 atom stereocenters. The average Bonchev–Trinajstić information content (AvgIpc) is 2.51. The van der Waals surface area contributed by atoms with Crippen molar-refractivity contribution >= 4 is 11.6 Å². The lowest BCUT2D eigenvalue weighted by atomic mass is 10.2. The monoisotopic (exact) mass is 176 g/mol. The van der Waals surface area contributed by atoms with Crippen LogP contribution in [0.1, 0.15) is 12.7 Å². The molecule has 0 aliphatic carbocycles. The first-order valence-corrected chi connectivity index (χ1v) is 3.95. The van der Waals surface area contributed by atoms with Crippen molar-refractivity contribution < 1.29 is 4.42 Å². The van der Waals surface area contributed by atoms with Crippen molar-refractivity contribution in [3.05, 3.63) is 42.8 Å². The lowest BCUT2D eigenvalue weighted by molar-refractivity contribution is 0.567. The number of hydrogen-bond donors (Lipinski definition) is 1. The third-order valence-corrected chi connectivity index (χ3v) is 1.45. The number of allylic oxidation sites excluding steroid dienone is 5. The molecule has 0 spiro atoms. The third-order valence-electron chi connectivity index (χ3n) is 1.45. The zero-order valence-electron chi connectivity index (χ0n) is 7.53. The summed E-state index contributed by atoms with van der Waals surface area (Å²) in [6.07, 6.45) is 8.92. The van der Waals surface area contributed by atoms with Gasteiger partial charge in [0.05, 0.1) is 6.20 Å². The molecule has 0 unspecified atom stereocenters. The van der Waals surface area contributed by atoms with Crippen molar-refractivity contribution in [2.75, 3.05) is 5.73 Å². The first kappa shape index (κ1) is 9.32. The van der Waals surface area contributed by atoms with Crippen molar-refractivity contribution in [1.82, 2.24) is 4.98 Å². The molecule has 0 amide bonds. The zero-order valence-corrected chi connectivity index (χ0v) is 7.53. The maximum atomic E-state index is 5.35. The van der Waals surface area contributed by atoms with Crippen molar-refractivity contribution in [2.45, 2.75) is 6.92 Å². The van der Waals surface area contributed by atoms with Gasteiger partial charge in [0.2, 0.25) is 0 Å². The van der Waals surface area contributed by atoms with E-state index in [1.807, 2.05) is 25.2 Å². The number of rotatable bonds is 3. The van der Waals surface area contributed by atoms with Crippen LogP contribution in [0.25, 0.3) is 5.57 Å². The molecule has 0 aliphatic heterocycles. The molecule has 0 saturated carbocycles.